The molecule has 0 aliphatic heterocycles. The van der Waals surface area contributed by atoms with Crippen LogP contribution in [0.5, 0.6) is 11.5 Å². The van der Waals surface area contributed by atoms with Crippen LogP contribution in [0.4, 0.5) is 4.39 Å². The number of ether oxygens (including phenoxy) is 2. The van der Waals surface area contributed by atoms with Gasteiger partial charge in [-0.2, -0.15) is 0 Å². The van der Waals surface area contributed by atoms with Gasteiger partial charge in [0.15, 0.2) is 17.7 Å². The zero-order valence-electron chi connectivity index (χ0n) is 14.6. The van der Waals surface area contributed by atoms with Crippen molar-refractivity contribution in [3.8, 4) is 11.5 Å². The summed E-state index contributed by atoms with van der Waals surface area (Å²) < 4.78 is 24.3. The molecule has 5 heteroatoms. The first-order valence-electron chi connectivity index (χ1n) is 8.46. The van der Waals surface area contributed by atoms with Crippen LogP contribution in [0.3, 0.4) is 0 Å². The predicted octanol–water partition coefficient (Wildman–Crippen LogP) is 3.74. The van der Waals surface area contributed by atoms with Crippen LogP contribution in [0.2, 0.25) is 0 Å². The summed E-state index contributed by atoms with van der Waals surface area (Å²) in [6, 6.07) is 14.0. The lowest BCUT2D eigenvalue weighted by Crippen LogP contribution is -2.38. The van der Waals surface area contributed by atoms with Gasteiger partial charge in [-0.15, -0.1) is 0 Å². The van der Waals surface area contributed by atoms with Crippen molar-refractivity contribution in [2.24, 2.45) is 0 Å². The maximum atomic E-state index is 13.6. The van der Waals surface area contributed by atoms with E-state index in [0.717, 1.165) is 18.6 Å². The van der Waals surface area contributed by atoms with Gasteiger partial charge in [-0.25, -0.2) is 4.39 Å². The lowest BCUT2D eigenvalue weighted by Gasteiger charge is -2.17. The summed E-state index contributed by atoms with van der Waals surface area (Å²) in [5.74, 6) is 0.240. The molecule has 0 fully saturated rings. The molecular formula is C20H24FNO3. The third kappa shape index (κ3) is 5.78. The van der Waals surface area contributed by atoms with Crippen LogP contribution < -0.4 is 14.8 Å². The second-order valence-electron chi connectivity index (χ2n) is 5.69. The maximum absolute atomic E-state index is 13.6. The monoisotopic (exact) mass is 345 g/mol. The average molecular weight is 345 g/mol. The topological polar surface area (TPSA) is 47.6 Å². The molecule has 0 heterocycles. The molecule has 0 spiro atoms. The van der Waals surface area contributed by atoms with Gasteiger partial charge in [0.1, 0.15) is 5.75 Å². The van der Waals surface area contributed by atoms with E-state index in [1.54, 1.807) is 19.2 Å². The Bertz CT molecular complexity index is 673. The Labute approximate surface area is 148 Å². The Morgan fingerprint density at radius 3 is 2.52 bits per heavy atom. The highest BCUT2D eigenvalue weighted by Gasteiger charge is 2.19. The summed E-state index contributed by atoms with van der Waals surface area (Å²) in [5, 5.41) is 2.86. The SMILES string of the molecule is CC[C@H](Oc1ccccc1F)C(=O)NCCCc1ccc(OC)cc1. The molecule has 0 aromatic heterocycles. The fourth-order valence-corrected chi connectivity index (χ4v) is 2.43. The molecule has 25 heavy (non-hydrogen) atoms. The van der Waals surface area contributed by atoms with Gasteiger partial charge < -0.3 is 14.8 Å². The second kappa shape index (κ2) is 9.67. The van der Waals surface area contributed by atoms with Crippen LogP contribution in [0, 0.1) is 5.82 Å². The predicted molar refractivity (Wildman–Crippen MR) is 95.4 cm³/mol. The quantitative estimate of drug-likeness (QED) is 0.704. The van der Waals surface area contributed by atoms with Crippen LogP contribution in [0.25, 0.3) is 0 Å². The highest BCUT2D eigenvalue weighted by Crippen LogP contribution is 2.18. The number of halogens is 1. The Morgan fingerprint density at radius 1 is 1.16 bits per heavy atom. The van der Waals surface area contributed by atoms with E-state index >= 15 is 0 Å². The van der Waals surface area contributed by atoms with Crippen molar-refractivity contribution in [2.45, 2.75) is 32.3 Å². The van der Waals surface area contributed by atoms with E-state index in [1.165, 1.54) is 17.7 Å². The van der Waals surface area contributed by atoms with Crippen LogP contribution in [0.15, 0.2) is 48.5 Å². The van der Waals surface area contributed by atoms with E-state index in [1.807, 2.05) is 31.2 Å². The smallest absolute Gasteiger partial charge is 0.261 e. The van der Waals surface area contributed by atoms with Crippen molar-refractivity contribution in [1.29, 1.82) is 0 Å². The number of methoxy groups -OCH3 is 1. The normalized spacial score (nSPS) is 11.6. The number of aryl methyl sites for hydroxylation is 1. The molecule has 0 saturated carbocycles. The first-order chi connectivity index (χ1) is 12.1. The van der Waals surface area contributed by atoms with Crippen molar-refractivity contribution in [2.75, 3.05) is 13.7 Å². The van der Waals surface area contributed by atoms with Gasteiger partial charge in [-0.1, -0.05) is 31.2 Å². The number of carbonyl (C=O) groups is 1. The minimum atomic E-state index is -0.696. The van der Waals surface area contributed by atoms with Gasteiger partial charge >= 0.3 is 0 Å². The number of amides is 1. The number of carbonyl (C=O) groups excluding carboxylic acids is 1. The minimum Gasteiger partial charge on any atom is -0.497 e. The molecule has 2 aromatic rings. The van der Waals surface area contributed by atoms with Gasteiger partial charge in [0.2, 0.25) is 0 Å². The molecule has 0 aliphatic rings. The van der Waals surface area contributed by atoms with E-state index in [2.05, 4.69) is 5.32 Å². The molecule has 2 aromatic carbocycles. The van der Waals surface area contributed by atoms with Gasteiger partial charge in [0.05, 0.1) is 7.11 Å². The molecule has 0 radical (unpaired) electrons. The number of nitrogens with one attached hydrogen (secondary N) is 1. The lowest BCUT2D eigenvalue weighted by molar-refractivity contribution is -0.128. The summed E-state index contributed by atoms with van der Waals surface area (Å²) in [7, 11) is 1.64. The lowest BCUT2D eigenvalue weighted by atomic mass is 10.1. The standard InChI is InChI=1S/C20H24FNO3/c1-3-18(25-19-9-5-4-8-17(19)21)20(23)22-14-6-7-15-10-12-16(24-2)13-11-15/h4-5,8-13,18H,3,6-7,14H2,1-2H3,(H,22,23)/t18-/m0/s1. The van der Waals surface area contributed by atoms with Crippen LogP contribution in [-0.4, -0.2) is 25.7 Å². The van der Waals surface area contributed by atoms with Crippen LogP contribution in [0.1, 0.15) is 25.3 Å². The highest BCUT2D eigenvalue weighted by atomic mass is 19.1. The fourth-order valence-electron chi connectivity index (χ4n) is 2.43. The Hall–Kier alpha value is -2.56. The molecule has 0 unspecified atom stereocenters. The molecule has 0 aliphatic carbocycles. The van der Waals surface area contributed by atoms with E-state index in [0.29, 0.717) is 13.0 Å². The van der Waals surface area contributed by atoms with Gasteiger partial charge in [-0.05, 0) is 49.1 Å². The van der Waals surface area contributed by atoms with Crippen molar-refractivity contribution >= 4 is 5.91 Å². The Kier molecular flexibility index (Phi) is 7.26. The first kappa shape index (κ1) is 18.8. The molecular weight excluding hydrogens is 321 g/mol. The largest absolute Gasteiger partial charge is 0.497 e. The number of benzene rings is 2. The summed E-state index contributed by atoms with van der Waals surface area (Å²) in [4.78, 5) is 12.2. The van der Waals surface area contributed by atoms with Crippen molar-refractivity contribution < 1.29 is 18.7 Å². The number of rotatable bonds is 9. The van der Waals surface area contributed by atoms with Crippen molar-refractivity contribution in [3.63, 3.8) is 0 Å². The first-order valence-corrected chi connectivity index (χ1v) is 8.46. The zero-order valence-corrected chi connectivity index (χ0v) is 14.6. The number of hydrogen-bond donors (Lipinski definition) is 1. The summed E-state index contributed by atoms with van der Waals surface area (Å²) in [6.07, 6.45) is 1.44. The summed E-state index contributed by atoms with van der Waals surface area (Å²) in [5.41, 5.74) is 1.18. The van der Waals surface area contributed by atoms with Gasteiger partial charge in [-0.3, -0.25) is 4.79 Å². The van der Waals surface area contributed by atoms with Crippen molar-refractivity contribution in [1.82, 2.24) is 5.32 Å². The van der Waals surface area contributed by atoms with Crippen LogP contribution in [-0.2, 0) is 11.2 Å². The molecule has 0 bridgehead atoms. The fraction of sp³-hybridized carbons (Fsp3) is 0.350. The van der Waals surface area contributed by atoms with E-state index in [4.69, 9.17) is 9.47 Å². The zero-order chi connectivity index (χ0) is 18.1. The minimum absolute atomic E-state index is 0.0998. The molecule has 134 valence electrons. The summed E-state index contributed by atoms with van der Waals surface area (Å²) >= 11 is 0. The maximum Gasteiger partial charge on any atom is 0.261 e. The van der Waals surface area contributed by atoms with E-state index in [-0.39, 0.29) is 11.7 Å². The summed E-state index contributed by atoms with van der Waals surface area (Å²) in [6.45, 7) is 2.38. The molecule has 4 nitrogen and oxygen atoms in total. The third-order valence-corrected chi connectivity index (χ3v) is 3.87. The number of para-hydroxylation sites is 1. The molecule has 1 amide bonds. The Morgan fingerprint density at radius 2 is 1.88 bits per heavy atom. The van der Waals surface area contributed by atoms with Gasteiger partial charge in [0.25, 0.3) is 5.91 Å². The Balaban J connectivity index is 1.76. The second-order valence-corrected chi connectivity index (χ2v) is 5.69. The van der Waals surface area contributed by atoms with Gasteiger partial charge in [0, 0.05) is 6.54 Å². The molecule has 1 atom stereocenters. The molecule has 1 N–H and O–H groups in total. The van der Waals surface area contributed by atoms with Crippen molar-refractivity contribution in [3.05, 3.63) is 59.9 Å². The number of hydrogen-bond acceptors (Lipinski definition) is 3. The highest BCUT2D eigenvalue weighted by molar-refractivity contribution is 5.81. The molecule has 0 saturated heterocycles. The van der Waals surface area contributed by atoms with Crippen LogP contribution >= 0.6 is 0 Å². The third-order valence-electron chi connectivity index (χ3n) is 3.87. The molecule has 2 rings (SSSR count). The van der Waals surface area contributed by atoms with E-state index in [9.17, 15) is 9.18 Å². The van der Waals surface area contributed by atoms with E-state index < -0.39 is 11.9 Å². The average Bonchev–Trinajstić information content (AvgIpc) is 2.65.